The van der Waals surface area contributed by atoms with Gasteiger partial charge in [0.1, 0.15) is 6.61 Å². The van der Waals surface area contributed by atoms with Crippen molar-refractivity contribution in [3.05, 3.63) is 83.7 Å². The molecule has 0 aliphatic rings. The Labute approximate surface area is 192 Å². The summed E-state index contributed by atoms with van der Waals surface area (Å²) in [4.78, 5) is 23.1. The Hall–Kier alpha value is -3.42. The number of pyridine rings is 1. The summed E-state index contributed by atoms with van der Waals surface area (Å²) in [5.41, 5.74) is 2.07. The van der Waals surface area contributed by atoms with E-state index < -0.39 is 11.7 Å². The average Bonchev–Trinajstić information content (AvgIpc) is 2.77. The summed E-state index contributed by atoms with van der Waals surface area (Å²) >= 11 is 0. The highest BCUT2D eigenvalue weighted by molar-refractivity contribution is 6.09. The van der Waals surface area contributed by atoms with Crippen LogP contribution in [0.2, 0.25) is 0 Å². The van der Waals surface area contributed by atoms with Crippen LogP contribution in [0.5, 0.6) is 5.88 Å². The van der Waals surface area contributed by atoms with Crippen molar-refractivity contribution in [1.29, 1.82) is 0 Å². The number of nitrogens with zero attached hydrogens (tertiary/aromatic N) is 3. The van der Waals surface area contributed by atoms with Crippen LogP contribution in [0.25, 0.3) is 0 Å². The molecule has 33 heavy (non-hydrogen) atoms. The minimum absolute atomic E-state index is 0.0614. The molecule has 1 heterocycles. The first-order valence-corrected chi connectivity index (χ1v) is 10.5. The lowest BCUT2D eigenvalue weighted by molar-refractivity contribution is -0.137. The lowest BCUT2D eigenvalue weighted by Crippen LogP contribution is -2.42. The summed E-state index contributed by atoms with van der Waals surface area (Å²) < 4.78 is 43.6. The minimum atomic E-state index is -4.46. The van der Waals surface area contributed by atoms with Gasteiger partial charge in [0.15, 0.2) is 0 Å². The van der Waals surface area contributed by atoms with Gasteiger partial charge in [0.05, 0.1) is 11.6 Å². The van der Waals surface area contributed by atoms with Crippen molar-refractivity contribution in [2.24, 2.45) is 4.99 Å². The molecule has 0 aliphatic heterocycles. The summed E-state index contributed by atoms with van der Waals surface area (Å²) in [5.74, 6) is -0.127. The van der Waals surface area contributed by atoms with E-state index in [1.165, 1.54) is 6.07 Å². The van der Waals surface area contributed by atoms with E-state index in [2.05, 4.69) is 16.6 Å². The molecule has 176 valence electrons. The van der Waals surface area contributed by atoms with Gasteiger partial charge in [-0.15, -0.1) is 0 Å². The number of aromatic nitrogens is 1. The van der Waals surface area contributed by atoms with Gasteiger partial charge in [-0.2, -0.15) is 13.2 Å². The van der Waals surface area contributed by atoms with Crippen LogP contribution in [0.1, 0.15) is 47.8 Å². The SMILES string of the molecule is C=C/C=C\N=C(/C)c1cc(C)ccc1C(=O)N(CC)[C@@H](C)COc1ccc(C(F)(F)F)cn1. The Kier molecular flexibility index (Phi) is 8.96. The maximum atomic E-state index is 13.4. The van der Waals surface area contributed by atoms with Gasteiger partial charge in [0.25, 0.3) is 5.91 Å². The van der Waals surface area contributed by atoms with E-state index in [1.807, 2.05) is 39.8 Å². The van der Waals surface area contributed by atoms with Crippen molar-refractivity contribution in [1.82, 2.24) is 9.88 Å². The molecule has 0 N–H and O–H groups in total. The molecule has 1 aromatic heterocycles. The van der Waals surface area contributed by atoms with Gasteiger partial charge in [-0.25, -0.2) is 4.98 Å². The molecule has 0 bridgehead atoms. The number of ether oxygens (including phenoxy) is 1. The molecular formula is C25H28F3N3O2. The van der Waals surface area contributed by atoms with Crippen LogP contribution in [-0.2, 0) is 6.18 Å². The lowest BCUT2D eigenvalue weighted by Gasteiger charge is -2.29. The summed E-state index contributed by atoms with van der Waals surface area (Å²) in [6, 6.07) is 7.29. The van der Waals surface area contributed by atoms with Gasteiger partial charge in [-0.1, -0.05) is 24.3 Å². The van der Waals surface area contributed by atoms with Crippen molar-refractivity contribution in [3.8, 4) is 5.88 Å². The fourth-order valence-corrected chi connectivity index (χ4v) is 3.17. The molecule has 0 saturated heterocycles. The standard InChI is InChI=1S/C25H28F3N3O2/c1-6-8-13-29-19(5)22-14-17(3)9-11-21(22)24(32)31(7-2)18(4)16-33-23-12-10-20(15-30-23)25(26,27)28/h6,8-15,18H,1,7,16H2,2-5H3/b13-8-,29-19+/t18-/m0/s1. The molecule has 2 rings (SSSR count). The summed E-state index contributed by atoms with van der Waals surface area (Å²) in [6.45, 7) is 11.6. The Morgan fingerprint density at radius 3 is 2.58 bits per heavy atom. The lowest BCUT2D eigenvalue weighted by atomic mass is 9.99. The number of alkyl halides is 3. The van der Waals surface area contributed by atoms with Gasteiger partial charge >= 0.3 is 6.18 Å². The number of carbonyl (C=O) groups is 1. The maximum absolute atomic E-state index is 13.4. The van der Waals surface area contributed by atoms with Crippen LogP contribution in [-0.4, -0.2) is 40.7 Å². The highest BCUT2D eigenvalue weighted by atomic mass is 19.4. The Morgan fingerprint density at radius 1 is 1.27 bits per heavy atom. The quantitative estimate of drug-likeness (QED) is 0.349. The summed E-state index contributed by atoms with van der Waals surface area (Å²) in [5, 5.41) is 0. The van der Waals surface area contributed by atoms with Crippen molar-refractivity contribution in [2.45, 2.75) is 39.9 Å². The Balaban J connectivity index is 2.19. The minimum Gasteiger partial charge on any atom is -0.475 e. The number of rotatable bonds is 9. The fraction of sp³-hybridized carbons (Fsp3) is 0.320. The third kappa shape index (κ3) is 7.03. The first kappa shape index (κ1) is 25.8. The average molecular weight is 460 g/mol. The first-order chi connectivity index (χ1) is 15.6. The van der Waals surface area contributed by atoms with E-state index in [1.54, 1.807) is 29.3 Å². The molecule has 0 fully saturated rings. The number of aryl methyl sites for hydroxylation is 1. The molecule has 1 aromatic carbocycles. The predicted molar refractivity (Wildman–Crippen MR) is 124 cm³/mol. The van der Waals surface area contributed by atoms with Crippen LogP contribution in [0, 0.1) is 6.92 Å². The molecule has 8 heteroatoms. The maximum Gasteiger partial charge on any atom is 0.417 e. The molecule has 0 saturated carbocycles. The number of benzene rings is 1. The van der Waals surface area contributed by atoms with Gasteiger partial charge in [-0.3, -0.25) is 9.79 Å². The van der Waals surface area contributed by atoms with Crippen LogP contribution >= 0.6 is 0 Å². The van der Waals surface area contributed by atoms with E-state index in [0.29, 0.717) is 17.8 Å². The van der Waals surface area contributed by atoms with E-state index in [0.717, 1.165) is 23.4 Å². The van der Waals surface area contributed by atoms with E-state index >= 15 is 0 Å². The number of carbonyl (C=O) groups excluding carboxylic acids is 1. The number of amides is 1. The number of likely N-dealkylation sites (N-methyl/N-ethyl adjacent to an activating group) is 1. The largest absolute Gasteiger partial charge is 0.475 e. The topological polar surface area (TPSA) is 54.8 Å². The molecule has 0 unspecified atom stereocenters. The summed E-state index contributed by atoms with van der Waals surface area (Å²) in [6.07, 6.45) is 1.20. The van der Waals surface area contributed by atoms with Crippen LogP contribution in [0.4, 0.5) is 13.2 Å². The van der Waals surface area contributed by atoms with Crippen molar-refractivity contribution in [3.63, 3.8) is 0 Å². The van der Waals surface area contributed by atoms with Crippen molar-refractivity contribution >= 4 is 11.6 Å². The molecule has 1 amide bonds. The van der Waals surface area contributed by atoms with E-state index in [-0.39, 0.29) is 24.4 Å². The molecular weight excluding hydrogens is 431 g/mol. The summed E-state index contributed by atoms with van der Waals surface area (Å²) in [7, 11) is 0. The van der Waals surface area contributed by atoms with Gasteiger partial charge in [-0.05, 0) is 52.0 Å². The van der Waals surface area contributed by atoms with Gasteiger partial charge in [0.2, 0.25) is 5.88 Å². The van der Waals surface area contributed by atoms with Crippen molar-refractivity contribution < 1.29 is 22.7 Å². The zero-order chi connectivity index (χ0) is 24.6. The number of hydrogen-bond donors (Lipinski definition) is 0. The number of hydrogen-bond acceptors (Lipinski definition) is 4. The van der Waals surface area contributed by atoms with Crippen LogP contribution in [0.3, 0.4) is 0 Å². The number of aliphatic imine (C=N–C) groups is 1. The Bertz CT molecular complexity index is 1030. The first-order valence-electron chi connectivity index (χ1n) is 10.5. The number of allylic oxidation sites excluding steroid dienone is 2. The van der Waals surface area contributed by atoms with Crippen LogP contribution in [0.15, 0.2) is 66.5 Å². The molecule has 5 nitrogen and oxygen atoms in total. The zero-order valence-corrected chi connectivity index (χ0v) is 19.2. The molecule has 0 radical (unpaired) electrons. The fourth-order valence-electron chi connectivity index (χ4n) is 3.17. The van der Waals surface area contributed by atoms with Crippen LogP contribution < -0.4 is 4.74 Å². The molecule has 0 aliphatic carbocycles. The molecule has 1 atom stereocenters. The Morgan fingerprint density at radius 2 is 2.00 bits per heavy atom. The predicted octanol–water partition coefficient (Wildman–Crippen LogP) is 5.85. The molecule has 2 aromatic rings. The third-order valence-electron chi connectivity index (χ3n) is 4.96. The van der Waals surface area contributed by atoms with Gasteiger partial charge < -0.3 is 9.64 Å². The number of halogens is 3. The highest BCUT2D eigenvalue weighted by Gasteiger charge is 2.31. The van der Waals surface area contributed by atoms with Crippen molar-refractivity contribution in [2.75, 3.05) is 13.2 Å². The second kappa shape index (κ2) is 11.4. The highest BCUT2D eigenvalue weighted by Crippen LogP contribution is 2.29. The van der Waals surface area contributed by atoms with E-state index in [9.17, 15) is 18.0 Å². The molecule has 0 spiro atoms. The second-order valence-corrected chi connectivity index (χ2v) is 7.47. The van der Waals surface area contributed by atoms with E-state index in [4.69, 9.17) is 4.74 Å². The zero-order valence-electron chi connectivity index (χ0n) is 19.2. The monoisotopic (exact) mass is 459 g/mol. The second-order valence-electron chi connectivity index (χ2n) is 7.47. The third-order valence-corrected chi connectivity index (χ3v) is 4.96. The normalized spacial score (nSPS) is 13.1. The smallest absolute Gasteiger partial charge is 0.417 e. The van der Waals surface area contributed by atoms with Gasteiger partial charge in [0, 0.05) is 41.8 Å².